The van der Waals surface area contributed by atoms with E-state index in [9.17, 15) is 30.4 Å². The summed E-state index contributed by atoms with van der Waals surface area (Å²) >= 11 is 0. The molecule has 0 radical (unpaired) electrons. The SMILES string of the molecule is F[B-](F)(F)F.Fc1ccc(-c2cc(-c3ccc(F)cc3)[n+](-c3ccccc3)c(-c3ccc(F)cc3)c2)cc1. The molecule has 0 saturated heterocycles. The number of pyridine rings is 1. The van der Waals surface area contributed by atoms with Gasteiger partial charge in [-0.2, -0.15) is 4.57 Å². The Labute approximate surface area is 214 Å². The van der Waals surface area contributed by atoms with Crippen molar-refractivity contribution in [2.45, 2.75) is 0 Å². The molecule has 5 rings (SSSR count). The zero-order valence-electron chi connectivity index (χ0n) is 19.6. The molecule has 192 valence electrons. The smallest absolute Gasteiger partial charge is 0.418 e. The number of nitrogens with zero attached hydrogens (tertiary/aromatic N) is 1. The highest BCUT2D eigenvalue weighted by Gasteiger charge is 2.25. The highest BCUT2D eigenvalue weighted by atomic mass is 19.5. The molecular formula is C29H19BF7N. The van der Waals surface area contributed by atoms with Crippen LogP contribution >= 0.6 is 0 Å². The number of hydrogen-bond acceptors (Lipinski definition) is 0. The molecule has 0 amide bonds. The van der Waals surface area contributed by atoms with Crippen molar-refractivity contribution in [3.63, 3.8) is 0 Å². The van der Waals surface area contributed by atoms with Crippen LogP contribution in [0.5, 0.6) is 0 Å². The van der Waals surface area contributed by atoms with Crippen molar-refractivity contribution in [1.82, 2.24) is 0 Å². The number of para-hydroxylation sites is 1. The van der Waals surface area contributed by atoms with Gasteiger partial charge in [0, 0.05) is 35.4 Å². The molecule has 1 heterocycles. The maximum absolute atomic E-state index is 13.7. The van der Waals surface area contributed by atoms with Crippen molar-refractivity contribution in [2.24, 2.45) is 0 Å². The topological polar surface area (TPSA) is 3.88 Å². The van der Waals surface area contributed by atoms with E-state index in [0.29, 0.717) is 0 Å². The Bertz CT molecular complexity index is 1430. The lowest BCUT2D eigenvalue weighted by molar-refractivity contribution is -0.572. The second-order valence-electron chi connectivity index (χ2n) is 8.20. The summed E-state index contributed by atoms with van der Waals surface area (Å²) in [5.74, 6) is -0.955. The summed E-state index contributed by atoms with van der Waals surface area (Å²) in [5.41, 5.74) is 5.87. The van der Waals surface area contributed by atoms with Gasteiger partial charge in [-0.25, -0.2) is 13.2 Å². The molecule has 9 heteroatoms. The first-order chi connectivity index (χ1) is 18.1. The van der Waals surface area contributed by atoms with Crippen LogP contribution in [0, 0.1) is 17.5 Å². The molecule has 0 aliphatic rings. The average molecular weight is 525 g/mol. The van der Waals surface area contributed by atoms with Gasteiger partial charge in [0.1, 0.15) is 17.5 Å². The molecule has 0 atom stereocenters. The van der Waals surface area contributed by atoms with Gasteiger partial charge < -0.3 is 17.3 Å². The molecule has 1 aromatic heterocycles. The minimum absolute atomic E-state index is 0.313. The fourth-order valence-corrected chi connectivity index (χ4v) is 3.93. The highest BCUT2D eigenvalue weighted by molar-refractivity contribution is 6.50. The van der Waals surface area contributed by atoms with Crippen LogP contribution in [0.3, 0.4) is 0 Å². The molecule has 0 unspecified atom stereocenters. The summed E-state index contributed by atoms with van der Waals surface area (Å²) in [6, 6.07) is 32.7. The van der Waals surface area contributed by atoms with Gasteiger partial charge in [-0.15, -0.1) is 0 Å². The monoisotopic (exact) mass is 525 g/mol. The molecule has 0 aliphatic carbocycles. The lowest BCUT2D eigenvalue weighted by Crippen LogP contribution is -2.36. The number of hydrogen-bond donors (Lipinski definition) is 0. The van der Waals surface area contributed by atoms with Crippen molar-refractivity contribution in [3.05, 3.63) is 133 Å². The van der Waals surface area contributed by atoms with Crippen LogP contribution in [0.25, 0.3) is 39.3 Å². The lowest BCUT2D eigenvalue weighted by Gasteiger charge is -2.12. The Hall–Kier alpha value is -4.40. The molecule has 0 saturated carbocycles. The Morgan fingerprint density at radius 1 is 0.421 bits per heavy atom. The third kappa shape index (κ3) is 6.88. The first kappa shape index (κ1) is 26.7. The third-order valence-corrected chi connectivity index (χ3v) is 5.54. The highest BCUT2D eigenvalue weighted by Crippen LogP contribution is 2.31. The summed E-state index contributed by atoms with van der Waals surface area (Å²) in [6.45, 7) is 0. The molecular weight excluding hydrogens is 506 g/mol. The van der Waals surface area contributed by atoms with Gasteiger partial charge in [0.05, 0.1) is 0 Å². The Morgan fingerprint density at radius 2 is 0.763 bits per heavy atom. The Kier molecular flexibility index (Phi) is 7.95. The Balaban J connectivity index is 0.000000617. The Morgan fingerprint density at radius 3 is 1.13 bits per heavy atom. The normalized spacial score (nSPS) is 11.0. The van der Waals surface area contributed by atoms with E-state index in [-0.39, 0.29) is 17.5 Å². The van der Waals surface area contributed by atoms with Gasteiger partial charge in [-0.05, 0) is 71.8 Å². The quantitative estimate of drug-likeness (QED) is 0.126. The largest absolute Gasteiger partial charge is 0.673 e. The summed E-state index contributed by atoms with van der Waals surface area (Å²) in [7, 11) is -6.00. The maximum Gasteiger partial charge on any atom is 0.673 e. The lowest BCUT2D eigenvalue weighted by atomic mass is 9.98. The molecule has 4 aromatic carbocycles. The van der Waals surface area contributed by atoms with Crippen LogP contribution in [0.4, 0.5) is 30.4 Å². The van der Waals surface area contributed by atoms with E-state index < -0.39 is 7.25 Å². The van der Waals surface area contributed by atoms with Crippen molar-refractivity contribution >= 4 is 7.25 Å². The van der Waals surface area contributed by atoms with Crippen molar-refractivity contribution in [2.75, 3.05) is 0 Å². The molecule has 0 N–H and O–H groups in total. The van der Waals surface area contributed by atoms with E-state index in [1.54, 1.807) is 36.4 Å². The molecule has 0 fully saturated rings. The van der Waals surface area contributed by atoms with E-state index in [0.717, 1.165) is 39.3 Å². The predicted molar refractivity (Wildman–Crippen MR) is 134 cm³/mol. The van der Waals surface area contributed by atoms with Crippen LogP contribution in [-0.2, 0) is 0 Å². The first-order valence-corrected chi connectivity index (χ1v) is 11.4. The summed E-state index contributed by atoms with van der Waals surface area (Å²) < 4.78 is 82.1. The fourth-order valence-electron chi connectivity index (χ4n) is 3.93. The van der Waals surface area contributed by atoms with Gasteiger partial charge >= 0.3 is 7.25 Å². The molecule has 38 heavy (non-hydrogen) atoms. The first-order valence-electron chi connectivity index (χ1n) is 11.4. The predicted octanol–water partition coefficient (Wildman–Crippen LogP) is 8.68. The standard InChI is InChI=1S/C29H19F3N.BF4/c30-24-12-6-20(7-13-24)23-18-28(21-8-14-25(31)15-9-21)33(27-4-2-1-3-5-27)29(19-23)22-10-16-26(32)17-11-22;2-1(3,4)5/h1-19H;/q+1;-1. The van der Waals surface area contributed by atoms with Crippen LogP contribution in [0.15, 0.2) is 115 Å². The van der Waals surface area contributed by atoms with Crippen molar-refractivity contribution in [3.8, 4) is 39.3 Å². The molecule has 0 aliphatic heterocycles. The van der Waals surface area contributed by atoms with E-state index in [2.05, 4.69) is 4.57 Å². The van der Waals surface area contributed by atoms with Gasteiger partial charge in [0.15, 0.2) is 0 Å². The maximum atomic E-state index is 13.7. The second-order valence-corrected chi connectivity index (χ2v) is 8.20. The van der Waals surface area contributed by atoms with Crippen LogP contribution in [-0.4, -0.2) is 7.25 Å². The fraction of sp³-hybridized carbons (Fsp3) is 0. The van der Waals surface area contributed by atoms with Gasteiger partial charge in [-0.3, -0.25) is 0 Å². The van der Waals surface area contributed by atoms with Crippen LogP contribution in [0.1, 0.15) is 0 Å². The number of benzene rings is 4. The van der Waals surface area contributed by atoms with Crippen molar-refractivity contribution < 1.29 is 35.0 Å². The average Bonchev–Trinajstić information content (AvgIpc) is 2.89. The van der Waals surface area contributed by atoms with E-state index in [1.165, 1.54) is 36.4 Å². The van der Waals surface area contributed by atoms with Gasteiger partial charge in [0.25, 0.3) is 0 Å². The molecule has 0 spiro atoms. The molecule has 1 nitrogen and oxygen atoms in total. The number of halogens is 7. The van der Waals surface area contributed by atoms with Crippen molar-refractivity contribution in [1.29, 1.82) is 0 Å². The zero-order valence-corrected chi connectivity index (χ0v) is 19.6. The minimum Gasteiger partial charge on any atom is -0.418 e. The van der Waals surface area contributed by atoms with Crippen LogP contribution in [0.2, 0.25) is 0 Å². The number of rotatable bonds is 4. The molecule has 5 aromatic rings. The summed E-state index contributed by atoms with van der Waals surface area (Å²) in [4.78, 5) is 0. The third-order valence-electron chi connectivity index (χ3n) is 5.54. The van der Waals surface area contributed by atoms with Gasteiger partial charge in [0.2, 0.25) is 17.1 Å². The zero-order chi connectivity index (χ0) is 27.3. The van der Waals surface area contributed by atoms with E-state index >= 15 is 0 Å². The number of aromatic nitrogens is 1. The van der Waals surface area contributed by atoms with E-state index in [4.69, 9.17) is 0 Å². The second kappa shape index (κ2) is 11.3. The van der Waals surface area contributed by atoms with Crippen LogP contribution < -0.4 is 4.57 Å². The molecule has 0 bridgehead atoms. The van der Waals surface area contributed by atoms with E-state index in [1.807, 2.05) is 42.5 Å². The summed E-state index contributed by atoms with van der Waals surface area (Å²) in [6.07, 6.45) is 0. The van der Waals surface area contributed by atoms with Gasteiger partial charge in [-0.1, -0.05) is 30.3 Å². The summed E-state index contributed by atoms with van der Waals surface area (Å²) in [5, 5.41) is 0. The minimum atomic E-state index is -6.00.